The third-order valence-electron chi connectivity index (χ3n) is 4.45. The number of anilines is 1. The smallest absolute Gasteiger partial charge is 0.360 e. The summed E-state index contributed by atoms with van der Waals surface area (Å²) in [5.41, 5.74) is 0.830. The molecule has 0 atom stereocenters. The first-order chi connectivity index (χ1) is 14.1. The Morgan fingerprint density at radius 3 is 2.48 bits per heavy atom. The highest BCUT2D eigenvalue weighted by Crippen LogP contribution is 2.44. The molecule has 2 aromatic carbocycles. The average Bonchev–Trinajstić information content (AvgIpc) is 3.22. The molecule has 0 unspecified atom stereocenters. The van der Waals surface area contributed by atoms with Crippen LogP contribution in [-0.2, 0) is 0 Å². The van der Waals surface area contributed by atoms with Gasteiger partial charge in [-0.05, 0) is 30.3 Å². The lowest BCUT2D eigenvalue weighted by atomic mass is 10.1. The maximum absolute atomic E-state index is 12.5. The van der Waals surface area contributed by atoms with Crippen LogP contribution in [0.3, 0.4) is 0 Å². The van der Waals surface area contributed by atoms with E-state index in [-0.39, 0.29) is 11.4 Å². The van der Waals surface area contributed by atoms with Crippen LogP contribution in [-0.4, -0.2) is 20.1 Å². The summed E-state index contributed by atoms with van der Waals surface area (Å²) in [6, 6.07) is 15.1. The zero-order chi connectivity index (χ0) is 20.4. The minimum atomic E-state index is -0.692. The van der Waals surface area contributed by atoms with Gasteiger partial charge in [0, 0.05) is 11.6 Å². The Labute approximate surface area is 165 Å². The van der Waals surface area contributed by atoms with E-state index in [9.17, 15) is 9.59 Å². The van der Waals surface area contributed by atoms with Crippen molar-refractivity contribution in [1.29, 1.82) is 0 Å². The molecule has 0 bridgehead atoms. The standard InChI is InChI=1S/C22H17NO6/c1-26-18-12-17-14(10-11-28-17)20(27-2)19(18)16-9-8-15(22(25)29-16)23-21(24)13-6-4-3-5-7-13/h3-12H,1-2H3,(H,23,24). The van der Waals surface area contributed by atoms with Gasteiger partial charge in [-0.3, -0.25) is 4.79 Å². The summed E-state index contributed by atoms with van der Waals surface area (Å²) in [6.45, 7) is 0. The van der Waals surface area contributed by atoms with Crippen molar-refractivity contribution in [2.45, 2.75) is 0 Å². The Bertz CT molecular complexity index is 1240. The van der Waals surface area contributed by atoms with Crippen LogP contribution in [0.25, 0.3) is 22.3 Å². The largest absolute Gasteiger partial charge is 0.496 e. The minimum absolute atomic E-state index is 0.0323. The highest BCUT2D eigenvalue weighted by atomic mass is 16.5. The first kappa shape index (κ1) is 18.4. The minimum Gasteiger partial charge on any atom is -0.496 e. The topological polar surface area (TPSA) is 90.9 Å². The summed E-state index contributed by atoms with van der Waals surface area (Å²) in [5, 5.41) is 3.28. The van der Waals surface area contributed by atoms with E-state index in [4.69, 9.17) is 18.3 Å². The number of rotatable bonds is 5. The van der Waals surface area contributed by atoms with Crippen molar-refractivity contribution in [3.63, 3.8) is 0 Å². The van der Waals surface area contributed by atoms with Crippen LogP contribution in [0.4, 0.5) is 5.69 Å². The number of carbonyl (C=O) groups excluding carboxylic acids is 1. The lowest BCUT2D eigenvalue weighted by Gasteiger charge is -2.13. The van der Waals surface area contributed by atoms with Crippen LogP contribution in [0.2, 0.25) is 0 Å². The highest BCUT2D eigenvalue weighted by molar-refractivity contribution is 6.04. The predicted octanol–water partition coefficient (Wildman–Crippen LogP) is 4.32. The van der Waals surface area contributed by atoms with Crippen molar-refractivity contribution < 1.29 is 23.1 Å². The molecule has 29 heavy (non-hydrogen) atoms. The molecule has 0 radical (unpaired) electrons. The molecule has 0 fully saturated rings. The first-order valence-corrected chi connectivity index (χ1v) is 8.75. The summed E-state index contributed by atoms with van der Waals surface area (Å²) in [5.74, 6) is 0.719. The molecule has 2 heterocycles. The SMILES string of the molecule is COc1cc2occc2c(OC)c1-c1ccc(NC(=O)c2ccccc2)c(=O)o1. The number of ether oxygens (including phenoxy) is 2. The van der Waals surface area contributed by atoms with Gasteiger partial charge in [0.25, 0.3) is 5.91 Å². The lowest BCUT2D eigenvalue weighted by Crippen LogP contribution is -2.17. The van der Waals surface area contributed by atoms with Crippen molar-refractivity contribution >= 4 is 22.6 Å². The van der Waals surface area contributed by atoms with Gasteiger partial charge in [-0.15, -0.1) is 0 Å². The van der Waals surface area contributed by atoms with E-state index in [0.717, 1.165) is 0 Å². The summed E-state index contributed by atoms with van der Waals surface area (Å²) >= 11 is 0. The second-order valence-corrected chi connectivity index (χ2v) is 6.14. The normalized spacial score (nSPS) is 10.7. The van der Waals surface area contributed by atoms with Crippen LogP contribution in [0.1, 0.15) is 10.4 Å². The van der Waals surface area contributed by atoms with Crippen LogP contribution in [0.5, 0.6) is 11.5 Å². The van der Waals surface area contributed by atoms with E-state index >= 15 is 0 Å². The number of hydrogen-bond acceptors (Lipinski definition) is 6. The fourth-order valence-corrected chi connectivity index (χ4v) is 3.09. The molecule has 4 rings (SSSR count). The highest BCUT2D eigenvalue weighted by Gasteiger charge is 2.21. The number of methoxy groups -OCH3 is 2. The van der Waals surface area contributed by atoms with Gasteiger partial charge in [0.1, 0.15) is 34.1 Å². The zero-order valence-electron chi connectivity index (χ0n) is 15.7. The molecular formula is C22H17NO6. The van der Waals surface area contributed by atoms with Crippen molar-refractivity contribution in [3.05, 3.63) is 76.8 Å². The van der Waals surface area contributed by atoms with Crippen LogP contribution < -0.4 is 20.4 Å². The molecule has 1 amide bonds. The van der Waals surface area contributed by atoms with E-state index in [2.05, 4.69) is 5.32 Å². The lowest BCUT2D eigenvalue weighted by molar-refractivity contribution is 0.102. The number of amides is 1. The average molecular weight is 391 g/mol. The Balaban J connectivity index is 1.75. The summed E-state index contributed by atoms with van der Waals surface area (Å²) < 4.78 is 21.9. The zero-order valence-corrected chi connectivity index (χ0v) is 15.7. The molecule has 0 saturated carbocycles. The number of fused-ring (bicyclic) bond motifs is 1. The van der Waals surface area contributed by atoms with Gasteiger partial charge in [0.2, 0.25) is 0 Å². The maximum atomic E-state index is 12.5. The van der Waals surface area contributed by atoms with Crippen molar-refractivity contribution in [3.8, 4) is 22.8 Å². The fraction of sp³-hybridized carbons (Fsp3) is 0.0909. The second kappa shape index (κ2) is 7.55. The Hall–Kier alpha value is -4.00. The van der Waals surface area contributed by atoms with Crippen LogP contribution >= 0.6 is 0 Å². The second-order valence-electron chi connectivity index (χ2n) is 6.14. The Kier molecular flexibility index (Phi) is 4.78. The van der Waals surface area contributed by atoms with Crippen LogP contribution in [0.15, 0.2) is 74.5 Å². The van der Waals surface area contributed by atoms with E-state index in [1.165, 1.54) is 26.5 Å². The molecule has 146 valence electrons. The molecule has 0 spiro atoms. The van der Waals surface area contributed by atoms with E-state index in [1.807, 2.05) is 0 Å². The van der Waals surface area contributed by atoms with Gasteiger partial charge in [-0.25, -0.2) is 4.79 Å². The molecule has 4 aromatic rings. The monoisotopic (exact) mass is 391 g/mol. The van der Waals surface area contributed by atoms with E-state index < -0.39 is 11.5 Å². The van der Waals surface area contributed by atoms with Gasteiger partial charge >= 0.3 is 5.63 Å². The third-order valence-corrected chi connectivity index (χ3v) is 4.45. The maximum Gasteiger partial charge on any atom is 0.360 e. The van der Waals surface area contributed by atoms with Crippen molar-refractivity contribution in [2.75, 3.05) is 19.5 Å². The fourth-order valence-electron chi connectivity index (χ4n) is 3.09. The van der Waals surface area contributed by atoms with Gasteiger partial charge < -0.3 is 23.6 Å². The molecule has 0 aliphatic carbocycles. The molecular weight excluding hydrogens is 374 g/mol. The molecule has 0 aliphatic rings. The van der Waals surface area contributed by atoms with Gasteiger partial charge in [-0.1, -0.05) is 18.2 Å². The molecule has 7 nitrogen and oxygen atoms in total. The molecule has 0 aliphatic heterocycles. The van der Waals surface area contributed by atoms with Gasteiger partial charge in [-0.2, -0.15) is 0 Å². The molecule has 7 heteroatoms. The van der Waals surface area contributed by atoms with Crippen molar-refractivity contribution in [1.82, 2.24) is 0 Å². The Morgan fingerprint density at radius 1 is 1.00 bits per heavy atom. The molecule has 2 aromatic heterocycles. The Morgan fingerprint density at radius 2 is 1.79 bits per heavy atom. The number of carbonyl (C=O) groups is 1. The number of hydrogen-bond donors (Lipinski definition) is 1. The molecule has 0 saturated heterocycles. The van der Waals surface area contributed by atoms with E-state index in [1.54, 1.807) is 48.5 Å². The number of furan rings is 1. The first-order valence-electron chi connectivity index (χ1n) is 8.75. The molecule has 1 N–H and O–H groups in total. The van der Waals surface area contributed by atoms with Gasteiger partial charge in [0.05, 0.1) is 25.9 Å². The summed E-state index contributed by atoms with van der Waals surface area (Å²) in [4.78, 5) is 24.8. The van der Waals surface area contributed by atoms with Gasteiger partial charge in [0.15, 0.2) is 0 Å². The summed E-state index contributed by atoms with van der Waals surface area (Å²) in [7, 11) is 3.01. The number of nitrogens with one attached hydrogen (secondary N) is 1. The van der Waals surface area contributed by atoms with Crippen molar-refractivity contribution in [2.24, 2.45) is 0 Å². The quantitative estimate of drug-likeness (QED) is 0.545. The summed E-state index contributed by atoms with van der Waals surface area (Å²) in [6.07, 6.45) is 1.54. The van der Waals surface area contributed by atoms with Crippen LogP contribution in [0, 0.1) is 0 Å². The third kappa shape index (κ3) is 3.34. The predicted molar refractivity (Wildman–Crippen MR) is 108 cm³/mol. The van der Waals surface area contributed by atoms with E-state index in [0.29, 0.717) is 33.6 Å². The number of benzene rings is 2.